The fourth-order valence-electron chi connectivity index (χ4n) is 2.30. The van der Waals surface area contributed by atoms with Gasteiger partial charge >= 0.3 is 5.97 Å². The number of likely N-dealkylation sites (tertiary alicyclic amines) is 1. The Balaban J connectivity index is 2.25. The molecule has 18 heavy (non-hydrogen) atoms. The van der Waals surface area contributed by atoms with E-state index in [4.69, 9.17) is 0 Å². The van der Waals surface area contributed by atoms with Crippen LogP contribution in [0, 0.1) is 0 Å². The maximum absolute atomic E-state index is 12.3. The van der Waals surface area contributed by atoms with E-state index in [0.29, 0.717) is 25.1 Å². The van der Waals surface area contributed by atoms with Crippen molar-refractivity contribution in [3.63, 3.8) is 0 Å². The van der Waals surface area contributed by atoms with Crippen molar-refractivity contribution in [1.82, 2.24) is 15.1 Å². The zero-order valence-electron chi connectivity index (χ0n) is 10.6. The number of carbonyl (C=O) groups excluding carboxylic acids is 1. The highest BCUT2D eigenvalue weighted by Crippen LogP contribution is 2.30. The van der Waals surface area contributed by atoms with E-state index >= 15 is 0 Å². The number of carbonyl (C=O) groups is 2. The van der Waals surface area contributed by atoms with Gasteiger partial charge in [-0.1, -0.05) is 6.92 Å². The molecule has 0 radical (unpaired) electrons. The standard InChI is InChI=1S/C12H17N3O3/c1-3-8-7-9(14-13-8)10(16)15-6-4-5-12(15,2)11(17)18/h7H,3-6H2,1-2H3,(H,13,14)(H,17,18). The molecule has 2 N–H and O–H groups in total. The van der Waals surface area contributed by atoms with Crippen LogP contribution in [-0.2, 0) is 11.2 Å². The van der Waals surface area contributed by atoms with Gasteiger partial charge in [0.25, 0.3) is 5.91 Å². The number of aromatic nitrogens is 2. The van der Waals surface area contributed by atoms with Crippen LogP contribution in [0.25, 0.3) is 0 Å². The Morgan fingerprint density at radius 3 is 2.89 bits per heavy atom. The number of aryl methyl sites for hydroxylation is 1. The van der Waals surface area contributed by atoms with Crippen LogP contribution in [0.5, 0.6) is 0 Å². The minimum atomic E-state index is -1.11. The lowest BCUT2D eigenvalue weighted by atomic mass is 9.99. The molecule has 2 heterocycles. The molecule has 0 aromatic carbocycles. The number of hydrogen-bond acceptors (Lipinski definition) is 3. The molecular weight excluding hydrogens is 234 g/mol. The summed E-state index contributed by atoms with van der Waals surface area (Å²) in [6.07, 6.45) is 1.95. The largest absolute Gasteiger partial charge is 0.480 e. The molecule has 2 rings (SSSR count). The highest BCUT2D eigenvalue weighted by Gasteiger charge is 2.46. The fourth-order valence-corrected chi connectivity index (χ4v) is 2.30. The maximum atomic E-state index is 12.3. The van der Waals surface area contributed by atoms with E-state index in [9.17, 15) is 14.7 Å². The highest BCUT2D eigenvalue weighted by molar-refractivity contribution is 5.96. The van der Waals surface area contributed by atoms with Gasteiger partial charge in [-0.05, 0) is 32.3 Å². The van der Waals surface area contributed by atoms with Crippen LogP contribution in [0.2, 0.25) is 0 Å². The zero-order valence-corrected chi connectivity index (χ0v) is 10.6. The summed E-state index contributed by atoms with van der Waals surface area (Å²) >= 11 is 0. The number of amides is 1. The van der Waals surface area contributed by atoms with Crippen molar-refractivity contribution in [1.29, 1.82) is 0 Å². The SMILES string of the molecule is CCc1cc(C(=O)N2CCCC2(C)C(=O)O)n[nH]1. The van der Waals surface area contributed by atoms with E-state index in [-0.39, 0.29) is 5.91 Å². The molecule has 0 bridgehead atoms. The summed E-state index contributed by atoms with van der Waals surface area (Å²) in [5.74, 6) is -1.27. The van der Waals surface area contributed by atoms with Gasteiger partial charge in [-0.3, -0.25) is 9.89 Å². The molecule has 6 nitrogen and oxygen atoms in total. The third-order valence-corrected chi connectivity index (χ3v) is 3.58. The number of hydrogen-bond donors (Lipinski definition) is 2. The van der Waals surface area contributed by atoms with Crippen molar-refractivity contribution in [2.24, 2.45) is 0 Å². The Morgan fingerprint density at radius 1 is 1.61 bits per heavy atom. The molecular formula is C12H17N3O3. The van der Waals surface area contributed by atoms with Crippen molar-refractivity contribution < 1.29 is 14.7 Å². The van der Waals surface area contributed by atoms with E-state index in [0.717, 1.165) is 12.1 Å². The number of rotatable bonds is 3. The molecule has 6 heteroatoms. The Labute approximate surface area is 105 Å². The van der Waals surface area contributed by atoms with Gasteiger partial charge in [-0.2, -0.15) is 5.10 Å². The van der Waals surface area contributed by atoms with Gasteiger partial charge in [-0.25, -0.2) is 4.79 Å². The molecule has 98 valence electrons. The van der Waals surface area contributed by atoms with Crippen molar-refractivity contribution >= 4 is 11.9 Å². The summed E-state index contributed by atoms with van der Waals surface area (Å²) in [6.45, 7) is 4.02. The average molecular weight is 251 g/mol. The topological polar surface area (TPSA) is 86.3 Å². The Hall–Kier alpha value is -1.85. The van der Waals surface area contributed by atoms with Crippen LogP contribution in [0.4, 0.5) is 0 Å². The lowest BCUT2D eigenvalue weighted by Gasteiger charge is -2.30. The monoisotopic (exact) mass is 251 g/mol. The predicted molar refractivity (Wildman–Crippen MR) is 64.3 cm³/mol. The Kier molecular flexibility index (Phi) is 3.11. The predicted octanol–water partition coefficient (Wildman–Crippen LogP) is 1.05. The van der Waals surface area contributed by atoms with Gasteiger partial charge in [-0.15, -0.1) is 0 Å². The number of carboxylic acids is 1. The van der Waals surface area contributed by atoms with Crippen LogP contribution >= 0.6 is 0 Å². The lowest BCUT2D eigenvalue weighted by Crippen LogP contribution is -2.50. The van der Waals surface area contributed by atoms with Crippen molar-refractivity contribution in [2.75, 3.05) is 6.54 Å². The number of carboxylic acid groups (broad SMARTS) is 1. The molecule has 1 aliphatic rings. The summed E-state index contributed by atoms with van der Waals surface area (Å²) in [6, 6.07) is 1.68. The Bertz CT molecular complexity index is 483. The van der Waals surface area contributed by atoms with Crippen molar-refractivity contribution in [2.45, 2.75) is 38.6 Å². The first kappa shape index (κ1) is 12.6. The first-order chi connectivity index (χ1) is 8.49. The molecule has 1 atom stereocenters. The molecule has 0 aliphatic carbocycles. The molecule has 1 aromatic heterocycles. The van der Waals surface area contributed by atoms with Crippen LogP contribution in [0.1, 0.15) is 42.9 Å². The van der Waals surface area contributed by atoms with Gasteiger partial charge in [0.2, 0.25) is 0 Å². The lowest BCUT2D eigenvalue weighted by molar-refractivity contribution is -0.147. The third-order valence-electron chi connectivity index (χ3n) is 3.58. The smallest absolute Gasteiger partial charge is 0.329 e. The van der Waals surface area contributed by atoms with E-state index in [1.54, 1.807) is 13.0 Å². The number of H-pyrrole nitrogens is 1. The number of aromatic amines is 1. The summed E-state index contributed by atoms with van der Waals surface area (Å²) in [5.41, 5.74) is 0.0541. The molecule has 1 fully saturated rings. The molecule has 1 aliphatic heterocycles. The number of nitrogens with one attached hydrogen (secondary N) is 1. The first-order valence-electron chi connectivity index (χ1n) is 6.08. The Morgan fingerprint density at radius 2 is 2.33 bits per heavy atom. The second kappa shape index (κ2) is 4.44. The summed E-state index contributed by atoms with van der Waals surface area (Å²) in [7, 11) is 0. The summed E-state index contributed by atoms with van der Waals surface area (Å²) in [4.78, 5) is 25.0. The minimum Gasteiger partial charge on any atom is -0.480 e. The van der Waals surface area contributed by atoms with Crippen molar-refractivity contribution in [3.05, 3.63) is 17.5 Å². The minimum absolute atomic E-state index is 0.293. The molecule has 0 spiro atoms. The average Bonchev–Trinajstić information content (AvgIpc) is 2.95. The fraction of sp³-hybridized carbons (Fsp3) is 0.583. The second-order valence-electron chi connectivity index (χ2n) is 4.77. The van der Waals surface area contributed by atoms with Gasteiger partial charge in [0, 0.05) is 12.2 Å². The molecule has 1 aromatic rings. The molecule has 1 saturated heterocycles. The number of nitrogens with zero attached hydrogens (tertiary/aromatic N) is 2. The highest BCUT2D eigenvalue weighted by atomic mass is 16.4. The van der Waals surface area contributed by atoms with Gasteiger partial charge in [0.05, 0.1) is 0 Å². The van der Waals surface area contributed by atoms with Crippen LogP contribution in [-0.4, -0.2) is 44.2 Å². The van der Waals surface area contributed by atoms with Crippen LogP contribution in [0.15, 0.2) is 6.07 Å². The summed E-state index contributed by atoms with van der Waals surface area (Å²) < 4.78 is 0. The maximum Gasteiger partial charge on any atom is 0.329 e. The van der Waals surface area contributed by atoms with E-state index in [1.165, 1.54) is 4.90 Å². The van der Waals surface area contributed by atoms with E-state index < -0.39 is 11.5 Å². The molecule has 0 saturated carbocycles. The van der Waals surface area contributed by atoms with E-state index in [1.807, 2.05) is 6.92 Å². The molecule has 1 amide bonds. The van der Waals surface area contributed by atoms with Gasteiger partial charge in [0.1, 0.15) is 11.2 Å². The number of aliphatic carboxylic acids is 1. The molecule has 1 unspecified atom stereocenters. The van der Waals surface area contributed by atoms with Crippen LogP contribution < -0.4 is 0 Å². The second-order valence-corrected chi connectivity index (χ2v) is 4.77. The first-order valence-corrected chi connectivity index (χ1v) is 6.08. The van der Waals surface area contributed by atoms with Gasteiger partial charge < -0.3 is 10.0 Å². The van der Waals surface area contributed by atoms with Crippen LogP contribution in [0.3, 0.4) is 0 Å². The normalized spacial score (nSPS) is 23.3. The third kappa shape index (κ3) is 1.87. The van der Waals surface area contributed by atoms with E-state index in [2.05, 4.69) is 10.2 Å². The zero-order chi connectivity index (χ0) is 13.3. The van der Waals surface area contributed by atoms with Gasteiger partial charge in [0.15, 0.2) is 0 Å². The summed E-state index contributed by atoms with van der Waals surface area (Å²) in [5, 5.41) is 16.0. The quantitative estimate of drug-likeness (QED) is 0.840. The van der Waals surface area contributed by atoms with Crippen molar-refractivity contribution in [3.8, 4) is 0 Å².